The Labute approximate surface area is 97.6 Å². The Hall–Kier alpha value is -1.82. The Morgan fingerprint density at radius 2 is 2.18 bits per heavy atom. The average Bonchev–Trinajstić information content (AvgIpc) is 2.96. The number of carboxylic acid groups (broad SMARTS) is 1. The lowest BCUT2D eigenvalue weighted by molar-refractivity contribution is -0.151. The van der Waals surface area contributed by atoms with Crippen molar-refractivity contribution in [2.45, 2.75) is 31.6 Å². The maximum Gasteiger partial charge on any atom is 0.332 e. The topological polar surface area (TPSA) is 88.8 Å². The maximum absolute atomic E-state index is 11.6. The second-order valence-corrected chi connectivity index (χ2v) is 3.88. The lowest BCUT2D eigenvalue weighted by atomic mass is 10.2. The zero-order valence-electron chi connectivity index (χ0n) is 9.09. The predicted molar refractivity (Wildman–Crippen MR) is 56.1 cm³/mol. The van der Waals surface area contributed by atoms with Crippen LogP contribution in [-0.2, 0) is 20.9 Å². The molecule has 1 aliphatic heterocycles. The van der Waals surface area contributed by atoms with Crippen LogP contribution in [0.5, 0.6) is 0 Å². The van der Waals surface area contributed by atoms with Crippen molar-refractivity contribution in [2.24, 2.45) is 0 Å². The molecule has 0 saturated carbocycles. The van der Waals surface area contributed by atoms with E-state index in [-0.39, 0.29) is 5.91 Å². The Balaban J connectivity index is 1.79. The minimum atomic E-state index is -1.02. The first-order chi connectivity index (χ1) is 8.16. The number of carboxylic acids is 1. The quantitative estimate of drug-likeness (QED) is 0.800. The van der Waals surface area contributed by atoms with E-state index < -0.39 is 18.2 Å². The largest absolute Gasteiger partial charge is 0.479 e. The third-order valence-electron chi connectivity index (χ3n) is 2.63. The average molecular weight is 239 g/mol. The summed E-state index contributed by atoms with van der Waals surface area (Å²) in [6.45, 7) is 0.354. The molecular formula is C11H13NO5. The lowest BCUT2D eigenvalue weighted by Gasteiger charge is -2.10. The fourth-order valence-corrected chi connectivity index (χ4v) is 1.71. The number of hydrogen-bond acceptors (Lipinski definition) is 4. The summed E-state index contributed by atoms with van der Waals surface area (Å²) in [5, 5.41) is 11.4. The molecule has 0 aliphatic carbocycles. The van der Waals surface area contributed by atoms with Gasteiger partial charge < -0.3 is 19.6 Å². The first-order valence-electron chi connectivity index (χ1n) is 5.34. The molecule has 2 heterocycles. The fourth-order valence-electron chi connectivity index (χ4n) is 1.71. The van der Waals surface area contributed by atoms with Crippen LogP contribution in [0, 0.1) is 0 Å². The zero-order valence-corrected chi connectivity index (χ0v) is 9.09. The highest BCUT2D eigenvalue weighted by Gasteiger charge is 2.34. The Morgan fingerprint density at radius 3 is 2.76 bits per heavy atom. The first kappa shape index (κ1) is 11.7. The van der Waals surface area contributed by atoms with Crippen molar-refractivity contribution < 1.29 is 23.8 Å². The van der Waals surface area contributed by atoms with Crippen LogP contribution in [0.4, 0.5) is 0 Å². The van der Waals surface area contributed by atoms with Crippen molar-refractivity contribution in [1.82, 2.24) is 5.32 Å². The molecule has 1 saturated heterocycles. The second-order valence-electron chi connectivity index (χ2n) is 3.88. The van der Waals surface area contributed by atoms with Crippen molar-refractivity contribution >= 4 is 11.9 Å². The van der Waals surface area contributed by atoms with Gasteiger partial charge in [-0.3, -0.25) is 4.79 Å². The minimum absolute atomic E-state index is 0.282. The van der Waals surface area contributed by atoms with Crippen LogP contribution < -0.4 is 5.32 Å². The summed E-state index contributed by atoms with van der Waals surface area (Å²) in [5.74, 6) is -1.30. The van der Waals surface area contributed by atoms with E-state index in [0.29, 0.717) is 19.4 Å². The summed E-state index contributed by atoms with van der Waals surface area (Å²) in [6, 6.07) is 1.75. The van der Waals surface area contributed by atoms with Gasteiger partial charge in [0.25, 0.3) is 0 Å². The highest BCUT2D eigenvalue weighted by atomic mass is 16.5. The van der Waals surface area contributed by atoms with Gasteiger partial charge in [-0.1, -0.05) is 0 Å². The number of hydrogen-bond donors (Lipinski definition) is 2. The molecule has 1 fully saturated rings. The predicted octanol–water partition coefficient (Wildman–Crippen LogP) is 0.528. The first-order valence-corrected chi connectivity index (χ1v) is 5.34. The third kappa shape index (κ3) is 2.85. The van der Waals surface area contributed by atoms with Crippen LogP contribution in [0.2, 0.25) is 0 Å². The molecule has 0 spiro atoms. The number of furan rings is 1. The Bertz CT molecular complexity index is 400. The van der Waals surface area contributed by atoms with Gasteiger partial charge in [0.2, 0.25) is 5.91 Å². The Kier molecular flexibility index (Phi) is 3.43. The third-order valence-corrected chi connectivity index (χ3v) is 2.63. The summed E-state index contributed by atoms with van der Waals surface area (Å²) in [4.78, 5) is 22.3. The summed E-state index contributed by atoms with van der Waals surface area (Å²) < 4.78 is 9.98. The van der Waals surface area contributed by atoms with Gasteiger partial charge in [-0.15, -0.1) is 0 Å². The van der Waals surface area contributed by atoms with Crippen LogP contribution in [-0.4, -0.2) is 29.2 Å². The number of ether oxygens (including phenoxy) is 1. The van der Waals surface area contributed by atoms with E-state index >= 15 is 0 Å². The van der Waals surface area contributed by atoms with Crippen LogP contribution >= 0.6 is 0 Å². The van der Waals surface area contributed by atoms with E-state index in [1.54, 1.807) is 6.07 Å². The van der Waals surface area contributed by atoms with Crippen LogP contribution in [0.3, 0.4) is 0 Å². The molecule has 0 aromatic carbocycles. The molecule has 0 bridgehead atoms. The van der Waals surface area contributed by atoms with Gasteiger partial charge in [0.05, 0.1) is 12.5 Å². The number of rotatable bonds is 4. The molecule has 1 amide bonds. The smallest absolute Gasteiger partial charge is 0.332 e. The standard InChI is InChI=1S/C11H13NO5/c13-10(12-5-7-3-4-16-6-7)8-1-2-9(17-8)11(14)15/h3-4,6,8-9H,1-2,5H2,(H,12,13)(H,14,15)/t8-,9+/m0/s1. The molecule has 92 valence electrons. The van der Waals surface area contributed by atoms with Crippen LogP contribution in [0.1, 0.15) is 18.4 Å². The van der Waals surface area contributed by atoms with Crippen molar-refractivity contribution in [2.75, 3.05) is 0 Å². The van der Waals surface area contributed by atoms with E-state index in [0.717, 1.165) is 5.56 Å². The molecule has 1 aromatic heterocycles. The summed E-state index contributed by atoms with van der Waals surface area (Å²) in [7, 11) is 0. The summed E-state index contributed by atoms with van der Waals surface area (Å²) in [5.41, 5.74) is 0.853. The molecule has 1 aliphatic rings. The van der Waals surface area contributed by atoms with E-state index in [9.17, 15) is 9.59 Å². The van der Waals surface area contributed by atoms with Gasteiger partial charge in [-0.25, -0.2) is 4.79 Å². The molecule has 2 rings (SSSR count). The minimum Gasteiger partial charge on any atom is -0.479 e. The molecule has 6 nitrogen and oxygen atoms in total. The van der Waals surface area contributed by atoms with Crippen LogP contribution in [0.15, 0.2) is 23.0 Å². The van der Waals surface area contributed by atoms with E-state index in [2.05, 4.69) is 5.32 Å². The Morgan fingerprint density at radius 1 is 1.41 bits per heavy atom. The van der Waals surface area contributed by atoms with Gasteiger partial charge in [-0.05, 0) is 18.9 Å². The highest BCUT2D eigenvalue weighted by molar-refractivity contribution is 5.82. The van der Waals surface area contributed by atoms with Crippen molar-refractivity contribution in [3.63, 3.8) is 0 Å². The molecule has 17 heavy (non-hydrogen) atoms. The fraction of sp³-hybridized carbons (Fsp3) is 0.455. The number of amides is 1. The molecule has 0 unspecified atom stereocenters. The summed E-state index contributed by atoms with van der Waals surface area (Å²) in [6.07, 6.45) is 2.35. The number of carbonyl (C=O) groups is 2. The number of nitrogens with one attached hydrogen (secondary N) is 1. The second kappa shape index (κ2) is 5.01. The highest BCUT2D eigenvalue weighted by Crippen LogP contribution is 2.20. The lowest BCUT2D eigenvalue weighted by Crippen LogP contribution is -2.35. The van der Waals surface area contributed by atoms with Crippen LogP contribution in [0.25, 0.3) is 0 Å². The molecule has 0 radical (unpaired) electrons. The molecular weight excluding hydrogens is 226 g/mol. The van der Waals surface area contributed by atoms with Crippen molar-refractivity contribution in [3.8, 4) is 0 Å². The van der Waals surface area contributed by atoms with Gasteiger partial charge in [0.15, 0.2) is 6.10 Å². The number of aliphatic carboxylic acids is 1. The van der Waals surface area contributed by atoms with Gasteiger partial charge >= 0.3 is 5.97 Å². The van der Waals surface area contributed by atoms with E-state index in [1.165, 1.54) is 12.5 Å². The van der Waals surface area contributed by atoms with Crippen molar-refractivity contribution in [1.29, 1.82) is 0 Å². The van der Waals surface area contributed by atoms with E-state index in [1.807, 2.05) is 0 Å². The van der Waals surface area contributed by atoms with Gasteiger partial charge in [0.1, 0.15) is 6.10 Å². The van der Waals surface area contributed by atoms with E-state index in [4.69, 9.17) is 14.3 Å². The van der Waals surface area contributed by atoms with Gasteiger partial charge in [-0.2, -0.15) is 0 Å². The van der Waals surface area contributed by atoms with Gasteiger partial charge in [0, 0.05) is 12.1 Å². The number of carbonyl (C=O) groups excluding carboxylic acids is 1. The molecule has 2 atom stereocenters. The SMILES string of the molecule is O=C(NCc1ccoc1)[C@@H]1CC[C@H](C(=O)O)O1. The monoisotopic (exact) mass is 239 g/mol. The summed E-state index contributed by atoms with van der Waals surface area (Å²) >= 11 is 0. The zero-order chi connectivity index (χ0) is 12.3. The normalized spacial score (nSPS) is 23.5. The van der Waals surface area contributed by atoms with Crippen molar-refractivity contribution in [3.05, 3.63) is 24.2 Å². The molecule has 1 aromatic rings. The maximum atomic E-state index is 11.6. The molecule has 2 N–H and O–H groups in total. The molecule has 6 heteroatoms.